The van der Waals surface area contributed by atoms with Gasteiger partial charge in [0.25, 0.3) is 0 Å². The standard InChI is InChI=1S/C15H17ClN2O4/c1-2-21-13-6-5-10(8-11(13)16)18-15(20)17-9-12(19)14-4-3-7-22-14/h3-8,12,19H,2,9H2,1H3,(H2,17,18,20). The number of hydrogen-bond acceptors (Lipinski definition) is 4. The minimum absolute atomic E-state index is 0.0319. The van der Waals surface area contributed by atoms with E-state index < -0.39 is 12.1 Å². The Morgan fingerprint density at radius 2 is 2.27 bits per heavy atom. The van der Waals surface area contributed by atoms with Crippen molar-refractivity contribution in [3.05, 3.63) is 47.4 Å². The molecule has 2 amide bonds. The number of hydrogen-bond donors (Lipinski definition) is 3. The first-order valence-corrected chi connectivity index (χ1v) is 7.16. The minimum atomic E-state index is -0.898. The summed E-state index contributed by atoms with van der Waals surface area (Å²) in [5, 5.41) is 15.4. The highest BCUT2D eigenvalue weighted by Crippen LogP contribution is 2.27. The summed E-state index contributed by atoms with van der Waals surface area (Å²) in [6.45, 7) is 2.40. The van der Waals surface area contributed by atoms with Crippen molar-refractivity contribution in [1.29, 1.82) is 0 Å². The third-order valence-electron chi connectivity index (χ3n) is 2.82. The van der Waals surface area contributed by atoms with Crippen LogP contribution in [0, 0.1) is 0 Å². The molecule has 3 N–H and O–H groups in total. The molecule has 0 saturated carbocycles. The van der Waals surface area contributed by atoms with Gasteiger partial charge in [-0.05, 0) is 37.3 Å². The lowest BCUT2D eigenvalue weighted by atomic mass is 10.3. The molecule has 2 aromatic rings. The molecule has 1 unspecified atom stereocenters. The maximum atomic E-state index is 11.8. The highest BCUT2D eigenvalue weighted by molar-refractivity contribution is 6.32. The van der Waals surface area contributed by atoms with E-state index in [1.54, 1.807) is 30.3 Å². The third-order valence-corrected chi connectivity index (χ3v) is 3.11. The zero-order valence-electron chi connectivity index (χ0n) is 12.0. The molecule has 118 valence electrons. The molecule has 0 aliphatic carbocycles. The Kier molecular flexibility index (Phi) is 5.68. The van der Waals surface area contributed by atoms with Crippen LogP contribution in [0.3, 0.4) is 0 Å². The summed E-state index contributed by atoms with van der Waals surface area (Å²) in [4.78, 5) is 11.8. The van der Waals surface area contributed by atoms with Gasteiger partial charge >= 0.3 is 6.03 Å². The Balaban J connectivity index is 1.85. The molecule has 6 nitrogen and oxygen atoms in total. The van der Waals surface area contributed by atoms with E-state index in [1.807, 2.05) is 6.92 Å². The second-order valence-corrected chi connectivity index (χ2v) is 4.85. The van der Waals surface area contributed by atoms with E-state index in [-0.39, 0.29) is 6.54 Å². The molecule has 22 heavy (non-hydrogen) atoms. The van der Waals surface area contributed by atoms with Gasteiger partial charge in [-0.3, -0.25) is 0 Å². The first-order valence-electron chi connectivity index (χ1n) is 6.78. The molecule has 0 saturated heterocycles. The van der Waals surface area contributed by atoms with Crippen LogP contribution in [0.5, 0.6) is 5.75 Å². The Labute approximate surface area is 133 Å². The zero-order chi connectivity index (χ0) is 15.9. The van der Waals surface area contributed by atoms with Crippen LogP contribution in [0.1, 0.15) is 18.8 Å². The molecule has 7 heteroatoms. The van der Waals surface area contributed by atoms with Crippen LogP contribution < -0.4 is 15.4 Å². The summed E-state index contributed by atoms with van der Waals surface area (Å²) < 4.78 is 10.4. The number of aliphatic hydroxyl groups excluding tert-OH is 1. The fourth-order valence-corrected chi connectivity index (χ4v) is 2.03. The van der Waals surface area contributed by atoms with Gasteiger partial charge < -0.3 is 24.9 Å². The fourth-order valence-electron chi connectivity index (χ4n) is 1.80. The predicted molar refractivity (Wildman–Crippen MR) is 83.3 cm³/mol. The van der Waals surface area contributed by atoms with Crippen molar-refractivity contribution in [2.24, 2.45) is 0 Å². The number of anilines is 1. The highest BCUT2D eigenvalue weighted by atomic mass is 35.5. The van der Waals surface area contributed by atoms with Gasteiger partial charge in [0.05, 0.1) is 24.4 Å². The average molecular weight is 325 g/mol. The van der Waals surface area contributed by atoms with Crippen molar-refractivity contribution in [3.63, 3.8) is 0 Å². The van der Waals surface area contributed by atoms with Crippen LogP contribution in [-0.2, 0) is 0 Å². The Hall–Kier alpha value is -2.18. The van der Waals surface area contributed by atoms with E-state index >= 15 is 0 Å². The van der Waals surface area contributed by atoms with E-state index in [0.29, 0.717) is 28.8 Å². The second kappa shape index (κ2) is 7.72. The summed E-state index contributed by atoms with van der Waals surface area (Å²) in [5.41, 5.74) is 0.526. The molecule has 1 atom stereocenters. The number of halogens is 1. The van der Waals surface area contributed by atoms with E-state index in [1.165, 1.54) is 6.26 Å². The smallest absolute Gasteiger partial charge is 0.319 e. The Bertz CT molecular complexity index is 616. The lowest BCUT2D eigenvalue weighted by Gasteiger charge is -2.12. The average Bonchev–Trinajstić information content (AvgIpc) is 3.02. The molecule has 1 aromatic carbocycles. The first-order chi connectivity index (χ1) is 10.6. The summed E-state index contributed by atoms with van der Waals surface area (Å²) in [6.07, 6.45) is 0.560. The molecular weight excluding hydrogens is 308 g/mol. The Morgan fingerprint density at radius 1 is 1.45 bits per heavy atom. The fraction of sp³-hybridized carbons (Fsp3) is 0.267. The number of furan rings is 1. The molecule has 0 bridgehead atoms. The van der Waals surface area contributed by atoms with Gasteiger partial charge in [-0.2, -0.15) is 0 Å². The molecule has 0 aliphatic rings. The second-order valence-electron chi connectivity index (χ2n) is 4.44. The number of carbonyl (C=O) groups is 1. The quantitative estimate of drug-likeness (QED) is 0.762. The SMILES string of the molecule is CCOc1ccc(NC(=O)NCC(O)c2ccco2)cc1Cl. The van der Waals surface area contributed by atoms with Crippen LogP contribution in [0.2, 0.25) is 5.02 Å². The van der Waals surface area contributed by atoms with E-state index in [2.05, 4.69) is 10.6 Å². The van der Waals surface area contributed by atoms with Crippen molar-refractivity contribution in [2.75, 3.05) is 18.5 Å². The van der Waals surface area contributed by atoms with Gasteiger partial charge in [-0.15, -0.1) is 0 Å². The highest BCUT2D eigenvalue weighted by Gasteiger charge is 2.12. The van der Waals surface area contributed by atoms with Gasteiger partial charge in [0.15, 0.2) is 0 Å². The van der Waals surface area contributed by atoms with Crippen molar-refractivity contribution < 1.29 is 19.1 Å². The molecule has 0 aliphatic heterocycles. The lowest BCUT2D eigenvalue weighted by molar-refractivity contribution is 0.149. The minimum Gasteiger partial charge on any atom is -0.492 e. The monoisotopic (exact) mass is 324 g/mol. The maximum absolute atomic E-state index is 11.8. The van der Waals surface area contributed by atoms with Gasteiger partial charge in [-0.25, -0.2) is 4.79 Å². The Morgan fingerprint density at radius 3 is 2.91 bits per heavy atom. The van der Waals surface area contributed by atoms with Crippen LogP contribution in [-0.4, -0.2) is 24.3 Å². The number of carbonyl (C=O) groups excluding carboxylic acids is 1. The molecule has 1 heterocycles. The van der Waals surface area contributed by atoms with Gasteiger partial charge in [-0.1, -0.05) is 11.6 Å². The predicted octanol–water partition coefficient (Wildman–Crippen LogP) is 3.19. The number of rotatable bonds is 6. The van der Waals surface area contributed by atoms with Crippen LogP contribution in [0.4, 0.5) is 10.5 Å². The van der Waals surface area contributed by atoms with Crippen LogP contribution in [0.15, 0.2) is 41.0 Å². The van der Waals surface area contributed by atoms with Crippen molar-refractivity contribution in [1.82, 2.24) is 5.32 Å². The molecule has 0 fully saturated rings. The summed E-state index contributed by atoms with van der Waals surface area (Å²) in [5.74, 6) is 0.952. The maximum Gasteiger partial charge on any atom is 0.319 e. The van der Waals surface area contributed by atoms with Gasteiger partial charge in [0.2, 0.25) is 0 Å². The van der Waals surface area contributed by atoms with E-state index in [4.69, 9.17) is 20.8 Å². The molecule has 0 radical (unpaired) electrons. The number of urea groups is 1. The molecular formula is C15H17ClN2O4. The zero-order valence-corrected chi connectivity index (χ0v) is 12.8. The van der Waals surface area contributed by atoms with Crippen molar-refractivity contribution in [2.45, 2.75) is 13.0 Å². The topological polar surface area (TPSA) is 83.7 Å². The molecule has 2 rings (SSSR count). The number of benzene rings is 1. The third kappa shape index (κ3) is 4.41. The lowest BCUT2D eigenvalue weighted by Crippen LogP contribution is -2.32. The van der Waals surface area contributed by atoms with E-state index in [9.17, 15) is 9.90 Å². The summed E-state index contributed by atoms with van der Waals surface area (Å²) in [7, 11) is 0. The van der Waals surface area contributed by atoms with Gasteiger partial charge in [0, 0.05) is 5.69 Å². The van der Waals surface area contributed by atoms with Crippen LogP contribution in [0.25, 0.3) is 0 Å². The molecule has 0 spiro atoms. The summed E-state index contributed by atoms with van der Waals surface area (Å²) >= 11 is 6.04. The van der Waals surface area contributed by atoms with Crippen molar-refractivity contribution >= 4 is 23.3 Å². The summed E-state index contributed by atoms with van der Waals surface area (Å²) in [6, 6.07) is 7.80. The normalized spacial score (nSPS) is 11.8. The number of ether oxygens (including phenoxy) is 1. The first kappa shape index (κ1) is 16.2. The number of aliphatic hydroxyl groups is 1. The number of amides is 2. The largest absolute Gasteiger partial charge is 0.492 e. The van der Waals surface area contributed by atoms with Gasteiger partial charge in [0.1, 0.15) is 17.6 Å². The molecule has 1 aromatic heterocycles. The van der Waals surface area contributed by atoms with Crippen molar-refractivity contribution in [3.8, 4) is 5.75 Å². The van der Waals surface area contributed by atoms with Crippen LogP contribution >= 0.6 is 11.6 Å². The van der Waals surface area contributed by atoms with E-state index in [0.717, 1.165) is 0 Å². The number of nitrogens with one attached hydrogen (secondary N) is 2.